The Morgan fingerprint density at radius 3 is 2.23 bits per heavy atom. The third kappa shape index (κ3) is 4.24. The number of hydrogen-bond donors (Lipinski definition) is 0. The lowest BCUT2D eigenvalue weighted by molar-refractivity contribution is 0.0805. The summed E-state index contributed by atoms with van der Waals surface area (Å²) >= 11 is 0. The highest BCUT2D eigenvalue weighted by Gasteiger charge is 2.33. The predicted octanol–water partition coefficient (Wildman–Crippen LogP) is 3.52. The van der Waals surface area contributed by atoms with E-state index in [1.165, 1.54) is 12.1 Å². The van der Waals surface area contributed by atoms with Gasteiger partial charge in [-0.15, -0.1) is 0 Å². The van der Waals surface area contributed by atoms with E-state index in [1.807, 2.05) is 0 Å². The zero-order valence-corrected chi connectivity index (χ0v) is 14.5. The Labute approximate surface area is 149 Å². The summed E-state index contributed by atoms with van der Waals surface area (Å²) in [7, 11) is -3.54. The predicted molar refractivity (Wildman–Crippen MR) is 88.6 cm³/mol. The molecule has 1 aliphatic heterocycles. The van der Waals surface area contributed by atoms with Gasteiger partial charge in [0.2, 0.25) is 0 Å². The van der Waals surface area contributed by atoms with Crippen molar-refractivity contribution in [1.29, 1.82) is 0 Å². The monoisotopic (exact) mass is 387 g/mol. The maximum atomic E-state index is 14.2. The van der Waals surface area contributed by atoms with E-state index < -0.39 is 33.5 Å². The molecule has 1 saturated heterocycles. The van der Waals surface area contributed by atoms with Crippen molar-refractivity contribution in [2.75, 3.05) is 25.4 Å². The molecular weight excluding hydrogens is 370 g/mol. The van der Waals surface area contributed by atoms with Gasteiger partial charge in [-0.2, -0.15) is 0 Å². The third-order valence-corrected chi connectivity index (χ3v) is 6.28. The Morgan fingerprint density at radius 1 is 1.00 bits per heavy atom. The molecule has 0 bridgehead atoms. The third-order valence-electron chi connectivity index (χ3n) is 4.38. The standard InChI is InChI=1S/C18H17F4NO2S/c19-13-1-4-15(5-2-13)26(24,25)11-12-8-23(9-12)10-18(22)16-6-3-14(20)7-17(16)21/h1-7,12,18H,8-11H2. The van der Waals surface area contributed by atoms with E-state index in [4.69, 9.17) is 0 Å². The molecule has 1 heterocycles. The van der Waals surface area contributed by atoms with Crippen LogP contribution in [0, 0.1) is 23.4 Å². The van der Waals surface area contributed by atoms with Gasteiger partial charge in [0.05, 0.1) is 10.6 Å². The van der Waals surface area contributed by atoms with Crippen LogP contribution in [0.1, 0.15) is 11.7 Å². The zero-order chi connectivity index (χ0) is 18.9. The van der Waals surface area contributed by atoms with E-state index in [1.54, 1.807) is 4.90 Å². The molecule has 1 atom stereocenters. The largest absolute Gasteiger partial charge is 0.299 e. The van der Waals surface area contributed by atoms with E-state index in [9.17, 15) is 26.0 Å². The second kappa shape index (κ2) is 7.36. The van der Waals surface area contributed by atoms with Crippen molar-refractivity contribution in [3.8, 4) is 0 Å². The van der Waals surface area contributed by atoms with Gasteiger partial charge in [0.15, 0.2) is 9.84 Å². The molecule has 26 heavy (non-hydrogen) atoms. The zero-order valence-electron chi connectivity index (χ0n) is 13.7. The van der Waals surface area contributed by atoms with Crippen molar-refractivity contribution in [3.63, 3.8) is 0 Å². The fraction of sp³-hybridized carbons (Fsp3) is 0.333. The molecule has 0 saturated carbocycles. The quantitative estimate of drug-likeness (QED) is 0.562. The molecule has 140 valence electrons. The number of alkyl halides is 1. The Balaban J connectivity index is 1.53. The number of halogens is 4. The van der Waals surface area contributed by atoms with Crippen molar-refractivity contribution < 1.29 is 26.0 Å². The number of benzene rings is 2. The van der Waals surface area contributed by atoms with Crippen LogP contribution in [-0.4, -0.2) is 38.7 Å². The molecule has 3 rings (SSSR count). The molecule has 1 aliphatic rings. The summed E-state index contributed by atoms with van der Waals surface area (Å²) in [6.07, 6.45) is -1.62. The molecule has 0 aliphatic carbocycles. The van der Waals surface area contributed by atoms with Crippen LogP contribution in [0.2, 0.25) is 0 Å². The minimum atomic E-state index is -3.54. The van der Waals surface area contributed by atoms with Gasteiger partial charge in [-0.1, -0.05) is 6.07 Å². The highest BCUT2D eigenvalue weighted by Crippen LogP contribution is 2.27. The van der Waals surface area contributed by atoms with E-state index >= 15 is 0 Å². The molecule has 0 spiro atoms. The topological polar surface area (TPSA) is 37.4 Å². The SMILES string of the molecule is O=S(=O)(CC1CN(CC(F)c2ccc(F)cc2F)C1)c1ccc(F)cc1. The second-order valence-corrected chi connectivity index (χ2v) is 8.49. The summed E-state index contributed by atoms with van der Waals surface area (Å²) in [6, 6.07) is 7.32. The lowest BCUT2D eigenvalue weighted by Crippen LogP contribution is -2.50. The lowest BCUT2D eigenvalue weighted by Gasteiger charge is -2.39. The second-order valence-electron chi connectivity index (χ2n) is 6.45. The van der Waals surface area contributed by atoms with Gasteiger partial charge in [0.25, 0.3) is 0 Å². The minimum Gasteiger partial charge on any atom is -0.299 e. The Bertz CT molecular complexity index is 881. The summed E-state index contributed by atoms with van der Waals surface area (Å²) in [5.41, 5.74) is -0.214. The van der Waals surface area contributed by atoms with Crippen molar-refractivity contribution in [2.45, 2.75) is 11.1 Å². The first kappa shape index (κ1) is 18.8. The highest BCUT2D eigenvalue weighted by molar-refractivity contribution is 7.91. The van der Waals surface area contributed by atoms with Crippen molar-refractivity contribution in [3.05, 3.63) is 65.5 Å². The molecule has 0 aromatic heterocycles. The molecule has 2 aromatic carbocycles. The van der Waals surface area contributed by atoms with Crippen molar-refractivity contribution in [2.24, 2.45) is 5.92 Å². The molecule has 8 heteroatoms. The minimum absolute atomic E-state index is 0.0501. The van der Waals surface area contributed by atoms with Crippen LogP contribution >= 0.6 is 0 Å². The van der Waals surface area contributed by atoms with Gasteiger partial charge in [-0.05, 0) is 36.2 Å². The Hall–Kier alpha value is -1.93. The first-order valence-electron chi connectivity index (χ1n) is 8.04. The van der Waals surface area contributed by atoms with Crippen molar-refractivity contribution in [1.82, 2.24) is 4.90 Å². The maximum Gasteiger partial charge on any atom is 0.178 e. The van der Waals surface area contributed by atoms with Crippen LogP contribution in [0.25, 0.3) is 0 Å². The number of nitrogens with zero attached hydrogens (tertiary/aromatic N) is 1. The Kier molecular flexibility index (Phi) is 5.34. The van der Waals surface area contributed by atoms with E-state index in [-0.39, 0.29) is 28.7 Å². The van der Waals surface area contributed by atoms with Gasteiger partial charge in [-0.3, -0.25) is 4.90 Å². The summed E-state index contributed by atoms with van der Waals surface area (Å²) in [5, 5.41) is 0. The number of rotatable bonds is 6. The van der Waals surface area contributed by atoms with Crippen LogP contribution in [0.5, 0.6) is 0 Å². The molecule has 0 amide bonds. The summed E-state index contributed by atoms with van der Waals surface area (Å²) < 4.78 is 78.1. The number of sulfone groups is 1. The van der Waals surface area contributed by atoms with Gasteiger partial charge in [0.1, 0.15) is 23.6 Å². The average Bonchev–Trinajstić information content (AvgIpc) is 2.53. The average molecular weight is 387 g/mol. The first-order chi connectivity index (χ1) is 12.2. The molecule has 1 fully saturated rings. The maximum absolute atomic E-state index is 14.2. The summed E-state index contributed by atoms with van der Waals surface area (Å²) in [5.74, 6) is -2.50. The number of likely N-dealkylation sites (tertiary alicyclic amines) is 1. The molecule has 2 aromatic rings. The van der Waals surface area contributed by atoms with Gasteiger partial charge < -0.3 is 0 Å². The molecule has 0 N–H and O–H groups in total. The van der Waals surface area contributed by atoms with Gasteiger partial charge >= 0.3 is 0 Å². The van der Waals surface area contributed by atoms with Crippen LogP contribution < -0.4 is 0 Å². The smallest absolute Gasteiger partial charge is 0.178 e. The van der Waals surface area contributed by atoms with Crippen LogP contribution in [0.3, 0.4) is 0 Å². The fourth-order valence-electron chi connectivity index (χ4n) is 3.06. The summed E-state index contributed by atoms with van der Waals surface area (Å²) in [6.45, 7) is 0.642. The fourth-order valence-corrected chi connectivity index (χ4v) is 4.63. The van der Waals surface area contributed by atoms with E-state index in [0.717, 1.165) is 24.3 Å². The van der Waals surface area contributed by atoms with E-state index in [0.29, 0.717) is 19.2 Å². The van der Waals surface area contributed by atoms with Gasteiger partial charge in [0, 0.05) is 31.3 Å². The van der Waals surface area contributed by atoms with Gasteiger partial charge in [-0.25, -0.2) is 26.0 Å². The van der Waals surface area contributed by atoms with Crippen LogP contribution in [0.15, 0.2) is 47.4 Å². The number of hydrogen-bond acceptors (Lipinski definition) is 3. The van der Waals surface area contributed by atoms with Crippen molar-refractivity contribution >= 4 is 9.84 Å². The van der Waals surface area contributed by atoms with Crippen LogP contribution in [0.4, 0.5) is 17.6 Å². The lowest BCUT2D eigenvalue weighted by atomic mass is 10.0. The van der Waals surface area contributed by atoms with E-state index in [2.05, 4.69) is 0 Å². The first-order valence-corrected chi connectivity index (χ1v) is 9.69. The summed E-state index contributed by atoms with van der Waals surface area (Å²) in [4.78, 5) is 1.73. The molecule has 0 radical (unpaired) electrons. The molecular formula is C18H17F4NO2S. The molecule has 3 nitrogen and oxygen atoms in total. The highest BCUT2D eigenvalue weighted by atomic mass is 32.2. The molecule has 1 unspecified atom stereocenters. The normalized spacial score (nSPS) is 17.1. The Morgan fingerprint density at radius 2 is 1.62 bits per heavy atom. The van der Waals surface area contributed by atoms with Crippen LogP contribution in [-0.2, 0) is 9.84 Å².